The van der Waals surface area contributed by atoms with Crippen molar-refractivity contribution in [3.8, 4) is 0 Å². The van der Waals surface area contributed by atoms with Crippen molar-refractivity contribution in [3.05, 3.63) is 12.2 Å². The summed E-state index contributed by atoms with van der Waals surface area (Å²) in [6, 6.07) is -0.383. The highest BCUT2D eigenvalue weighted by Crippen LogP contribution is 2.78. The van der Waals surface area contributed by atoms with E-state index in [2.05, 4.69) is 53.4 Å². The molecule has 308 valence electrons. The molecule has 4 amide bonds. The molecule has 0 radical (unpaired) electrons. The number of nitrogens with zero attached hydrogens (tertiary/aromatic N) is 2. The highest BCUT2D eigenvalue weighted by atomic mass is 16.5. The van der Waals surface area contributed by atoms with E-state index in [1.165, 1.54) is 25.3 Å². The molecule has 6 fully saturated rings. The van der Waals surface area contributed by atoms with Crippen LogP contribution < -0.4 is 5.32 Å². The lowest BCUT2D eigenvalue weighted by atomic mass is 9.32. The first-order valence-electron chi connectivity index (χ1n) is 21.4. The first-order chi connectivity index (χ1) is 25.5. The number of carboxylic acid groups (broad SMARTS) is 1. The average Bonchev–Trinajstić information content (AvgIpc) is 3.45. The minimum Gasteiger partial charge on any atom is -0.481 e. The Morgan fingerprint density at radius 3 is 2.05 bits per heavy atom. The standard InChI is InChI=1S/C45H71N3O7/c1-28(2)30-13-18-45(25-35(50)47-21-23-48(24-22-47)39(54)46-29(3)49)20-19-43(9)31(38(30)45)11-12-33-42(8)16-15-34(41(6,7)32(42)14-17-44(33,43)10)55-37(53)27-40(4,5)26-36(51)52/h30-34,38H,1,11-27H2,2-10H3,(H,51,52)(H,46,49,54)/t30-,31+,32-,33+,34-,38+,42-,43+,44+,45+/m0/s1. The van der Waals surface area contributed by atoms with E-state index in [0.717, 1.165) is 51.4 Å². The quantitative estimate of drug-likeness (QED) is 0.188. The highest BCUT2D eigenvalue weighted by molar-refractivity contribution is 5.93. The van der Waals surface area contributed by atoms with Crippen molar-refractivity contribution < 1.29 is 33.8 Å². The molecule has 6 rings (SSSR count). The molecule has 5 saturated carbocycles. The molecule has 0 bridgehead atoms. The number of esters is 1. The third-order valence-corrected chi connectivity index (χ3v) is 17.4. The summed E-state index contributed by atoms with van der Waals surface area (Å²) in [6.07, 6.45) is 11.2. The van der Waals surface area contributed by atoms with Crippen LogP contribution in [0.2, 0.25) is 0 Å². The number of fused-ring (bicyclic) bond motifs is 7. The third-order valence-electron chi connectivity index (χ3n) is 17.4. The summed E-state index contributed by atoms with van der Waals surface area (Å²) < 4.78 is 6.28. The van der Waals surface area contributed by atoms with Crippen molar-refractivity contribution in [2.24, 2.45) is 62.1 Å². The van der Waals surface area contributed by atoms with E-state index in [1.54, 1.807) is 4.90 Å². The number of imide groups is 1. The van der Waals surface area contributed by atoms with Crippen LogP contribution in [0.15, 0.2) is 12.2 Å². The van der Waals surface area contributed by atoms with Gasteiger partial charge in [-0.2, -0.15) is 0 Å². The van der Waals surface area contributed by atoms with Crippen molar-refractivity contribution in [2.45, 2.75) is 152 Å². The molecule has 10 atom stereocenters. The van der Waals surface area contributed by atoms with Gasteiger partial charge in [0.05, 0.1) is 12.8 Å². The maximum Gasteiger partial charge on any atom is 0.324 e. The lowest BCUT2D eigenvalue weighted by molar-refractivity contribution is -0.250. The van der Waals surface area contributed by atoms with Crippen LogP contribution in [0.3, 0.4) is 0 Å². The van der Waals surface area contributed by atoms with E-state index >= 15 is 0 Å². The molecule has 0 aromatic rings. The number of hydrogen-bond donors (Lipinski definition) is 2. The fraction of sp³-hybridized carbons (Fsp3) is 0.844. The summed E-state index contributed by atoms with van der Waals surface area (Å²) in [5.74, 6) is 0.993. The Morgan fingerprint density at radius 2 is 1.44 bits per heavy atom. The number of carboxylic acids is 1. The summed E-state index contributed by atoms with van der Waals surface area (Å²) in [4.78, 5) is 66.3. The number of carbonyl (C=O) groups is 5. The van der Waals surface area contributed by atoms with Crippen molar-refractivity contribution in [1.29, 1.82) is 0 Å². The zero-order valence-electron chi connectivity index (χ0n) is 35.5. The van der Waals surface area contributed by atoms with Gasteiger partial charge in [-0.25, -0.2) is 4.79 Å². The normalized spacial score (nSPS) is 39.4. The fourth-order valence-electron chi connectivity index (χ4n) is 14.6. The number of aliphatic carboxylic acids is 1. The Labute approximate surface area is 330 Å². The van der Waals surface area contributed by atoms with Crippen molar-refractivity contribution >= 4 is 29.8 Å². The number of piperazine rings is 1. The van der Waals surface area contributed by atoms with Gasteiger partial charge in [-0.1, -0.05) is 60.6 Å². The molecule has 0 aromatic heterocycles. The molecule has 0 spiro atoms. The smallest absolute Gasteiger partial charge is 0.324 e. The fourth-order valence-corrected chi connectivity index (χ4v) is 14.6. The van der Waals surface area contributed by atoms with Gasteiger partial charge in [-0.15, -0.1) is 0 Å². The molecule has 1 aliphatic heterocycles. The Kier molecular flexibility index (Phi) is 11.0. The van der Waals surface area contributed by atoms with Gasteiger partial charge in [0.1, 0.15) is 6.10 Å². The van der Waals surface area contributed by atoms with Crippen LogP contribution in [0.25, 0.3) is 0 Å². The minimum absolute atomic E-state index is 0.0404. The predicted octanol–water partition coefficient (Wildman–Crippen LogP) is 8.24. The molecular formula is C45H71N3O7. The number of hydrogen-bond acceptors (Lipinski definition) is 6. The van der Waals surface area contributed by atoms with E-state index in [1.807, 2.05) is 18.7 Å². The molecule has 2 N–H and O–H groups in total. The average molecular weight is 766 g/mol. The van der Waals surface area contributed by atoms with Gasteiger partial charge in [0.25, 0.3) is 0 Å². The van der Waals surface area contributed by atoms with Gasteiger partial charge in [-0.3, -0.25) is 24.5 Å². The van der Waals surface area contributed by atoms with Crippen LogP contribution in [0.5, 0.6) is 0 Å². The summed E-state index contributed by atoms with van der Waals surface area (Å²) in [5.41, 5.74) is 0.776. The highest BCUT2D eigenvalue weighted by Gasteiger charge is 2.71. The number of carbonyl (C=O) groups excluding carboxylic acids is 4. The van der Waals surface area contributed by atoms with Crippen LogP contribution >= 0.6 is 0 Å². The molecule has 0 unspecified atom stereocenters. The molecule has 6 aliphatic rings. The molecule has 10 heteroatoms. The molecule has 5 aliphatic carbocycles. The molecule has 0 aromatic carbocycles. The second kappa shape index (κ2) is 14.5. The van der Waals surface area contributed by atoms with E-state index < -0.39 is 11.4 Å². The molecule has 1 heterocycles. The zero-order valence-corrected chi connectivity index (χ0v) is 35.5. The van der Waals surface area contributed by atoms with Gasteiger partial charge >= 0.3 is 18.0 Å². The maximum absolute atomic E-state index is 14.2. The lowest BCUT2D eigenvalue weighted by Crippen LogP contribution is -2.67. The number of allylic oxidation sites excluding steroid dienone is 1. The Hall–Kier alpha value is -2.91. The van der Waals surface area contributed by atoms with Gasteiger partial charge in [0.15, 0.2) is 0 Å². The second-order valence-corrected chi connectivity index (χ2v) is 21.3. The number of urea groups is 1. The van der Waals surface area contributed by atoms with E-state index in [-0.39, 0.29) is 69.8 Å². The second-order valence-electron chi connectivity index (χ2n) is 21.3. The van der Waals surface area contributed by atoms with Crippen LogP contribution in [-0.2, 0) is 23.9 Å². The molecule has 10 nitrogen and oxygen atoms in total. The van der Waals surface area contributed by atoms with Crippen molar-refractivity contribution in [2.75, 3.05) is 26.2 Å². The maximum atomic E-state index is 14.2. The van der Waals surface area contributed by atoms with Crippen LogP contribution in [0.1, 0.15) is 146 Å². The van der Waals surface area contributed by atoms with E-state index in [9.17, 15) is 29.1 Å². The molecule has 55 heavy (non-hydrogen) atoms. The SMILES string of the molecule is C=C(C)[C@@H]1CC[C@]2(CC(=O)N3CCN(C(=O)NC(C)=O)CC3)CC[C@]3(C)[C@H](CC[C@@H]4[C@@]5(C)CC[C@H](OC(=O)CC(C)(C)CC(=O)O)C(C)(C)[C@@H]5CC[C@]43C)[C@@H]12. The lowest BCUT2D eigenvalue weighted by Gasteiger charge is -2.73. The summed E-state index contributed by atoms with van der Waals surface area (Å²) in [7, 11) is 0. The van der Waals surface area contributed by atoms with Crippen molar-refractivity contribution in [3.63, 3.8) is 0 Å². The summed E-state index contributed by atoms with van der Waals surface area (Å²) >= 11 is 0. The Morgan fingerprint density at radius 1 is 0.782 bits per heavy atom. The number of amides is 4. The first kappa shape index (κ1) is 41.7. The van der Waals surface area contributed by atoms with Crippen molar-refractivity contribution in [1.82, 2.24) is 15.1 Å². The van der Waals surface area contributed by atoms with E-state index in [0.29, 0.717) is 62.2 Å². The van der Waals surface area contributed by atoms with Gasteiger partial charge in [-0.05, 0) is 128 Å². The van der Waals surface area contributed by atoms with Crippen LogP contribution in [-0.4, -0.2) is 77.0 Å². The largest absolute Gasteiger partial charge is 0.481 e. The number of ether oxygens (including phenoxy) is 1. The molecular weight excluding hydrogens is 695 g/mol. The first-order valence-corrected chi connectivity index (χ1v) is 21.4. The number of rotatable bonds is 8. The summed E-state index contributed by atoms with van der Waals surface area (Å²) in [5, 5.41) is 11.7. The zero-order chi connectivity index (χ0) is 40.5. The van der Waals surface area contributed by atoms with E-state index in [4.69, 9.17) is 4.74 Å². The monoisotopic (exact) mass is 766 g/mol. The van der Waals surface area contributed by atoms with Gasteiger partial charge in [0.2, 0.25) is 11.8 Å². The minimum atomic E-state index is -0.897. The topological polar surface area (TPSA) is 133 Å². The van der Waals surface area contributed by atoms with Crippen LogP contribution in [0.4, 0.5) is 4.79 Å². The predicted molar refractivity (Wildman–Crippen MR) is 211 cm³/mol. The summed E-state index contributed by atoms with van der Waals surface area (Å²) in [6.45, 7) is 26.0. The number of nitrogens with one attached hydrogen (secondary N) is 1. The van der Waals surface area contributed by atoms with Crippen LogP contribution in [0, 0.1) is 62.1 Å². The van der Waals surface area contributed by atoms with Gasteiger partial charge in [0, 0.05) is 44.9 Å². The van der Waals surface area contributed by atoms with Gasteiger partial charge < -0.3 is 19.6 Å². The Bertz CT molecular complexity index is 1580. The third kappa shape index (κ3) is 7.16. The Balaban J connectivity index is 1.19. The molecule has 1 saturated heterocycles.